The Morgan fingerprint density at radius 2 is 1.69 bits per heavy atom. The van der Waals surface area contributed by atoms with Gasteiger partial charge in [0.15, 0.2) is 6.29 Å². The molecule has 0 radical (unpaired) electrons. The Labute approximate surface area is 188 Å². The van der Waals surface area contributed by atoms with Gasteiger partial charge in [-0.3, -0.25) is 0 Å². The maximum atomic E-state index is 13.7. The normalized spacial score (nSPS) is 56.1. The lowest BCUT2D eigenvalue weighted by Crippen LogP contribution is -3.22. The summed E-state index contributed by atoms with van der Waals surface area (Å²) in [6.45, 7) is 1.50. The summed E-state index contributed by atoms with van der Waals surface area (Å²) in [6.07, 6.45) is -1.40. The fraction of sp³-hybridized carbons (Fsp3) is 1.00. The van der Waals surface area contributed by atoms with Gasteiger partial charge in [-0.2, -0.15) is 0 Å². The molecule has 0 aromatic heterocycles. The first-order chi connectivity index (χ1) is 15.4. The average Bonchev–Trinajstić information content (AvgIpc) is 2.79. The molecule has 3 saturated heterocycles. The quantitative estimate of drug-likeness (QED) is 0.259. The third-order valence-corrected chi connectivity index (χ3v) is 9.26. The molecule has 9 nitrogen and oxygen atoms in total. The van der Waals surface area contributed by atoms with Crippen LogP contribution in [0.1, 0.15) is 44.9 Å². The first-order valence-electron chi connectivity index (χ1n) is 12.5. The fourth-order valence-electron chi connectivity index (χ4n) is 7.61. The Hall–Kier alpha value is -0.360. The second kappa shape index (κ2) is 9.36. The molecule has 32 heavy (non-hydrogen) atoms. The monoisotopic (exact) mass is 457 g/mol. The second-order valence-electron chi connectivity index (χ2n) is 11.0. The van der Waals surface area contributed by atoms with Crippen LogP contribution in [0.5, 0.6) is 0 Å². The van der Waals surface area contributed by atoms with Crippen molar-refractivity contribution in [2.24, 2.45) is 23.7 Å². The number of piperidine rings is 2. The Morgan fingerprint density at radius 3 is 2.47 bits per heavy atom. The molecule has 0 amide bonds. The third-order valence-electron chi connectivity index (χ3n) is 9.26. The maximum Gasteiger partial charge on any atom is 0.186 e. The summed E-state index contributed by atoms with van der Waals surface area (Å²) in [5.74, 6) is 1.29. The van der Waals surface area contributed by atoms with Gasteiger partial charge in [0.05, 0.1) is 37.9 Å². The number of aliphatic hydroxyl groups is 5. The Balaban J connectivity index is 1.23. The van der Waals surface area contributed by atoms with Gasteiger partial charge in [0.1, 0.15) is 24.4 Å². The highest BCUT2D eigenvalue weighted by atomic mass is 16.7. The van der Waals surface area contributed by atoms with Gasteiger partial charge < -0.3 is 45.0 Å². The molecule has 14 atom stereocenters. The van der Waals surface area contributed by atoms with E-state index < -0.39 is 43.4 Å². The van der Waals surface area contributed by atoms with Gasteiger partial charge in [-0.05, 0) is 56.8 Å². The summed E-state index contributed by atoms with van der Waals surface area (Å²) in [5.41, 5.74) is 0. The minimum atomic E-state index is -1.44. The molecule has 6 N–H and O–H groups in total. The van der Waals surface area contributed by atoms with Crippen LogP contribution in [0, 0.1) is 23.7 Å². The number of hydrogen-bond acceptors (Lipinski definition) is 8. The molecule has 0 bridgehead atoms. The minimum absolute atomic E-state index is 0.105. The van der Waals surface area contributed by atoms with E-state index in [9.17, 15) is 30.6 Å². The zero-order chi connectivity index (χ0) is 22.6. The largest absolute Gasteiger partial charge is 0.848 e. The van der Waals surface area contributed by atoms with Crippen LogP contribution in [0.25, 0.3) is 0 Å². The molecule has 0 spiro atoms. The Kier molecular flexibility index (Phi) is 6.84. The first-order valence-corrected chi connectivity index (χ1v) is 12.5. The van der Waals surface area contributed by atoms with E-state index in [4.69, 9.17) is 9.47 Å². The molecular weight excluding hydrogens is 418 g/mol. The van der Waals surface area contributed by atoms with Gasteiger partial charge in [0.2, 0.25) is 0 Å². The lowest BCUT2D eigenvalue weighted by molar-refractivity contribution is -0.959. The van der Waals surface area contributed by atoms with Crippen LogP contribution >= 0.6 is 0 Å². The molecule has 184 valence electrons. The average molecular weight is 458 g/mol. The molecule has 0 aromatic carbocycles. The molecule has 9 heteroatoms. The van der Waals surface area contributed by atoms with Gasteiger partial charge in [0, 0.05) is 11.8 Å². The highest BCUT2D eigenvalue weighted by Crippen LogP contribution is 2.42. The number of aliphatic hydroxyl groups excluding tert-OH is 5. The number of nitrogens with one attached hydrogen (secondary N) is 1. The molecule has 14 unspecified atom stereocenters. The second-order valence-corrected chi connectivity index (χ2v) is 11.0. The summed E-state index contributed by atoms with van der Waals surface area (Å²) in [4.78, 5) is 1.40. The van der Waals surface area contributed by atoms with Crippen molar-refractivity contribution in [3.8, 4) is 0 Å². The van der Waals surface area contributed by atoms with Gasteiger partial charge in [-0.1, -0.05) is 6.10 Å². The number of ether oxygens (including phenoxy) is 2. The highest BCUT2D eigenvalue weighted by molar-refractivity contribution is 4.97. The zero-order valence-corrected chi connectivity index (χ0v) is 18.5. The molecule has 3 heterocycles. The first kappa shape index (κ1) is 23.4. The number of quaternary nitrogens is 1. The van der Waals surface area contributed by atoms with Crippen LogP contribution in [0.4, 0.5) is 0 Å². The molecule has 3 aliphatic heterocycles. The molecule has 5 rings (SSSR count). The molecule has 5 aliphatic rings. The van der Waals surface area contributed by atoms with Crippen molar-refractivity contribution in [3.63, 3.8) is 0 Å². The predicted octanol–water partition coefficient (Wildman–Crippen LogP) is -3.24. The minimum Gasteiger partial charge on any atom is -0.848 e. The van der Waals surface area contributed by atoms with E-state index in [1.165, 1.54) is 4.90 Å². The molecular formula is C23H39NO8. The number of rotatable bonds is 3. The van der Waals surface area contributed by atoms with Crippen LogP contribution in [0.2, 0.25) is 0 Å². The van der Waals surface area contributed by atoms with Crippen molar-refractivity contribution < 1.29 is 45.0 Å². The van der Waals surface area contributed by atoms with Crippen LogP contribution < -0.4 is 10.0 Å². The summed E-state index contributed by atoms with van der Waals surface area (Å²) < 4.78 is 11.5. The van der Waals surface area contributed by atoms with E-state index in [2.05, 4.69) is 0 Å². The van der Waals surface area contributed by atoms with Crippen molar-refractivity contribution in [1.82, 2.24) is 0 Å². The van der Waals surface area contributed by atoms with E-state index in [1.54, 1.807) is 0 Å². The van der Waals surface area contributed by atoms with E-state index in [1.807, 2.05) is 0 Å². The Bertz CT molecular complexity index is 651. The van der Waals surface area contributed by atoms with Crippen LogP contribution in [0.3, 0.4) is 0 Å². The fourth-order valence-corrected chi connectivity index (χ4v) is 7.61. The lowest BCUT2D eigenvalue weighted by Gasteiger charge is -2.59. The Morgan fingerprint density at radius 1 is 0.875 bits per heavy atom. The van der Waals surface area contributed by atoms with Gasteiger partial charge in [-0.15, -0.1) is 0 Å². The molecule has 5 fully saturated rings. The summed E-state index contributed by atoms with van der Waals surface area (Å²) >= 11 is 0. The van der Waals surface area contributed by atoms with Crippen molar-refractivity contribution in [3.05, 3.63) is 0 Å². The standard InChI is InChI=1S/C23H38NO8/c25-10-17-20(28)21(29)22(30)23(32-17)31-14-3-4-15-12(7-14)9-24-6-5-11-1-2-13(26)8-16(11)18(24)19(15)27/h11-23,25-26,28-30H,1-10H2/q-1/p+1. The zero-order valence-electron chi connectivity index (χ0n) is 18.5. The lowest BCUT2D eigenvalue weighted by atomic mass is 9.62. The van der Waals surface area contributed by atoms with Gasteiger partial charge in [-0.25, -0.2) is 0 Å². The molecule has 2 saturated carbocycles. The predicted molar refractivity (Wildman–Crippen MR) is 109 cm³/mol. The van der Waals surface area contributed by atoms with Crippen molar-refractivity contribution in [1.29, 1.82) is 0 Å². The van der Waals surface area contributed by atoms with Crippen LogP contribution in [0.15, 0.2) is 0 Å². The number of fused-ring (bicyclic) bond motifs is 4. The van der Waals surface area contributed by atoms with Crippen LogP contribution in [-0.4, -0.2) is 100 Å². The van der Waals surface area contributed by atoms with Gasteiger partial charge in [0.25, 0.3) is 0 Å². The SMILES string of the molecule is [O-]C1C2CCC(OC3OC(CO)C(O)C(O)C3O)CC2C[NH+]2CCC3CCC(O)CC3C12. The van der Waals surface area contributed by atoms with Crippen molar-refractivity contribution in [2.75, 3.05) is 19.7 Å². The van der Waals surface area contributed by atoms with E-state index in [-0.39, 0.29) is 30.1 Å². The van der Waals surface area contributed by atoms with Gasteiger partial charge >= 0.3 is 0 Å². The maximum absolute atomic E-state index is 13.7. The summed E-state index contributed by atoms with van der Waals surface area (Å²) in [7, 11) is 0. The number of hydrogen-bond donors (Lipinski definition) is 6. The highest BCUT2D eigenvalue weighted by Gasteiger charge is 2.52. The smallest absolute Gasteiger partial charge is 0.186 e. The van der Waals surface area contributed by atoms with E-state index in [0.717, 1.165) is 45.2 Å². The summed E-state index contributed by atoms with van der Waals surface area (Å²) in [5, 5.41) is 63.6. The van der Waals surface area contributed by atoms with Crippen molar-refractivity contribution >= 4 is 0 Å². The van der Waals surface area contributed by atoms with E-state index in [0.29, 0.717) is 24.7 Å². The topological polar surface area (TPSA) is 147 Å². The van der Waals surface area contributed by atoms with Crippen LogP contribution in [-0.2, 0) is 9.47 Å². The molecule has 0 aromatic rings. The molecule has 2 aliphatic carbocycles. The van der Waals surface area contributed by atoms with Crippen molar-refractivity contribution in [2.45, 2.75) is 100 Å². The van der Waals surface area contributed by atoms with E-state index >= 15 is 0 Å². The summed E-state index contributed by atoms with van der Waals surface area (Å²) in [6, 6.07) is 0.105. The third kappa shape index (κ3) is 4.14.